The molecule has 5 atom stereocenters. The first-order valence-corrected chi connectivity index (χ1v) is 12.7. The number of benzene rings is 2. The molecule has 0 radical (unpaired) electrons. The molecule has 4 N–H and O–H groups in total. The van der Waals surface area contributed by atoms with Crippen molar-refractivity contribution >= 4 is 18.7 Å². The Labute approximate surface area is 185 Å². The number of rotatable bonds is 7. The molecule has 0 bridgehead atoms. The monoisotopic (exact) mass is 446 g/mol. The third-order valence-corrected chi connectivity index (χ3v) is 11.1. The van der Waals surface area contributed by atoms with Gasteiger partial charge in [-0.2, -0.15) is 0 Å². The van der Waals surface area contributed by atoms with Gasteiger partial charge in [0.25, 0.3) is 8.32 Å². The van der Waals surface area contributed by atoms with Gasteiger partial charge in [0, 0.05) is 6.42 Å². The normalized spacial score (nSPS) is 25.9. The molecule has 31 heavy (non-hydrogen) atoms. The molecular weight excluding hydrogens is 412 g/mol. The Bertz CT molecular complexity index is 770. The van der Waals surface area contributed by atoms with Crippen LogP contribution in [0, 0.1) is 0 Å². The largest absolute Gasteiger partial charge is 0.405 e. The summed E-state index contributed by atoms with van der Waals surface area (Å²) >= 11 is 0. The fraction of sp³-hybridized carbons (Fsp3) is 0.500. The average Bonchev–Trinajstić information content (AvgIpc) is 2.76. The van der Waals surface area contributed by atoms with E-state index in [1.54, 1.807) is 0 Å². The van der Waals surface area contributed by atoms with Crippen LogP contribution in [0.25, 0.3) is 0 Å². The highest BCUT2D eigenvalue weighted by Crippen LogP contribution is 2.37. The van der Waals surface area contributed by atoms with E-state index in [4.69, 9.17) is 9.16 Å². The maximum atomic E-state index is 10.3. The fourth-order valence-electron chi connectivity index (χ4n) is 4.50. The van der Waals surface area contributed by atoms with Crippen molar-refractivity contribution < 1.29 is 29.6 Å². The van der Waals surface area contributed by atoms with Crippen molar-refractivity contribution in [3.05, 3.63) is 60.7 Å². The van der Waals surface area contributed by atoms with Crippen molar-refractivity contribution in [2.75, 3.05) is 13.2 Å². The van der Waals surface area contributed by atoms with E-state index in [9.17, 15) is 20.4 Å². The number of hydrogen-bond donors (Lipinski definition) is 4. The first-order valence-electron chi connectivity index (χ1n) is 10.8. The second-order valence-corrected chi connectivity index (χ2v) is 13.5. The van der Waals surface area contributed by atoms with Crippen molar-refractivity contribution in [1.29, 1.82) is 0 Å². The summed E-state index contributed by atoms with van der Waals surface area (Å²) in [5.74, 6) is 0. The molecule has 2 aromatic carbocycles. The second-order valence-electron chi connectivity index (χ2n) is 9.24. The fourth-order valence-corrected chi connectivity index (χ4v) is 9.09. The third kappa shape index (κ3) is 4.93. The van der Waals surface area contributed by atoms with Crippen molar-refractivity contribution in [3.8, 4) is 0 Å². The molecule has 1 saturated heterocycles. The molecule has 0 amide bonds. The average molecular weight is 447 g/mol. The van der Waals surface area contributed by atoms with Gasteiger partial charge in [-0.15, -0.1) is 0 Å². The predicted molar refractivity (Wildman–Crippen MR) is 122 cm³/mol. The van der Waals surface area contributed by atoms with Crippen LogP contribution in [0.3, 0.4) is 0 Å². The Balaban J connectivity index is 1.95. The zero-order valence-electron chi connectivity index (χ0n) is 18.4. The van der Waals surface area contributed by atoms with Crippen LogP contribution in [0.1, 0.15) is 27.2 Å². The molecule has 0 spiro atoms. The number of aliphatic hydroxyl groups is 4. The van der Waals surface area contributed by atoms with Crippen LogP contribution in [-0.2, 0) is 9.16 Å². The van der Waals surface area contributed by atoms with Crippen molar-refractivity contribution in [2.45, 2.75) is 62.8 Å². The topological polar surface area (TPSA) is 99.4 Å². The summed E-state index contributed by atoms with van der Waals surface area (Å²) in [4.78, 5) is 0. The van der Waals surface area contributed by atoms with Gasteiger partial charge < -0.3 is 29.6 Å². The first-order chi connectivity index (χ1) is 14.7. The summed E-state index contributed by atoms with van der Waals surface area (Å²) in [5.41, 5.74) is 0. The highest BCUT2D eigenvalue weighted by atomic mass is 28.4. The quantitative estimate of drug-likeness (QED) is 0.470. The molecule has 7 heteroatoms. The van der Waals surface area contributed by atoms with E-state index in [1.807, 2.05) is 36.4 Å². The van der Waals surface area contributed by atoms with Gasteiger partial charge in [-0.1, -0.05) is 81.4 Å². The molecule has 1 heterocycles. The lowest BCUT2D eigenvalue weighted by Gasteiger charge is -2.45. The minimum absolute atomic E-state index is 0.189. The summed E-state index contributed by atoms with van der Waals surface area (Å²) in [6, 6.07) is 20.4. The predicted octanol–water partition coefficient (Wildman–Crippen LogP) is 0.796. The van der Waals surface area contributed by atoms with Crippen molar-refractivity contribution in [3.63, 3.8) is 0 Å². The maximum absolute atomic E-state index is 10.3. The van der Waals surface area contributed by atoms with Crippen LogP contribution in [-0.4, -0.2) is 72.5 Å². The molecule has 2 aromatic rings. The Hall–Kier alpha value is -1.58. The number of aliphatic hydroxyl groups excluding tert-OH is 4. The van der Waals surface area contributed by atoms with Crippen LogP contribution in [0.2, 0.25) is 5.04 Å². The van der Waals surface area contributed by atoms with Crippen molar-refractivity contribution in [2.24, 2.45) is 0 Å². The molecule has 0 aromatic heterocycles. The summed E-state index contributed by atoms with van der Waals surface area (Å²) in [7, 11) is -2.77. The smallest absolute Gasteiger partial charge is 0.261 e. The van der Waals surface area contributed by atoms with Crippen LogP contribution < -0.4 is 10.4 Å². The van der Waals surface area contributed by atoms with Crippen LogP contribution in [0.15, 0.2) is 60.7 Å². The zero-order valence-corrected chi connectivity index (χ0v) is 19.4. The van der Waals surface area contributed by atoms with Crippen molar-refractivity contribution in [1.82, 2.24) is 0 Å². The SMILES string of the molecule is CC(C)(C)[Si](OC[C@@H]1C[C@@H](O)[C@@H](O)[C@@H]([C@H](O)CO)O1)(c1ccccc1)c1ccccc1. The van der Waals surface area contributed by atoms with Crippen LogP contribution in [0.4, 0.5) is 0 Å². The zero-order chi connectivity index (χ0) is 22.6. The van der Waals surface area contributed by atoms with Crippen LogP contribution in [0.5, 0.6) is 0 Å². The van der Waals surface area contributed by atoms with E-state index in [-0.39, 0.29) is 18.1 Å². The third-order valence-electron chi connectivity index (χ3n) is 6.05. The molecular formula is C24H34O6Si. The Morgan fingerprint density at radius 1 is 1.00 bits per heavy atom. The van der Waals surface area contributed by atoms with E-state index in [2.05, 4.69) is 45.0 Å². The lowest BCUT2D eigenvalue weighted by molar-refractivity contribution is -0.209. The van der Waals surface area contributed by atoms with Gasteiger partial charge in [-0.25, -0.2) is 0 Å². The lowest BCUT2D eigenvalue weighted by atomic mass is 9.95. The summed E-state index contributed by atoms with van der Waals surface area (Å²) in [6.45, 7) is 6.18. The molecule has 170 valence electrons. The summed E-state index contributed by atoms with van der Waals surface area (Å²) in [5, 5.41) is 41.9. The Morgan fingerprint density at radius 2 is 1.52 bits per heavy atom. The molecule has 6 nitrogen and oxygen atoms in total. The van der Waals surface area contributed by atoms with E-state index >= 15 is 0 Å². The molecule has 1 fully saturated rings. The minimum Gasteiger partial charge on any atom is -0.405 e. The number of hydrogen-bond acceptors (Lipinski definition) is 6. The van der Waals surface area contributed by atoms with Gasteiger partial charge in [0.2, 0.25) is 0 Å². The van der Waals surface area contributed by atoms with Gasteiger partial charge in [0.15, 0.2) is 0 Å². The van der Waals surface area contributed by atoms with E-state index in [0.717, 1.165) is 10.4 Å². The van der Waals surface area contributed by atoms with Gasteiger partial charge in [0.1, 0.15) is 18.3 Å². The highest BCUT2D eigenvalue weighted by Gasteiger charge is 2.51. The Morgan fingerprint density at radius 3 is 1.97 bits per heavy atom. The molecule has 1 aliphatic rings. The Kier molecular flexibility index (Phi) is 7.70. The summed E-state index contributed by atoms with van der Waals surface area (Å²) < 4.78 is 12.7. The number of ether oxygens (including phenoxy) is 1. The standard InChI is InChI=1S/C24H34O6Si/c1-24(2,3)31(18-10-6-4-7-11-18,19-12-8-5-9-13-19)29-16-17-14-20(26)22(28)23(30-17)21(27)15-25/h4-13,17,20-23,25-28H,14-16H2,1-3H3/t17-,20+,21+,22+,23+/m0/s1. The molecule has 3 rings (SSSR count). The first kappa shape index (κ1) is 24.1. The lowest BCUT2D eigenvalue weighted by Crippen LogP contribution is -2.67. The molecule has 0 aliphatic carbocycles. The second kappa shape index (κ2) is 9.91. The van der Waals surface area contributed by atoms with E-state index in [1.165, 1.54) is 0 Å². The maximum Gasteiger partial charge on any atom is 0.261 e. The van der Waals surface area contributed by atoms with Gasteiger partial charge in [0.05, 0.1) is 25.4 Å². The van der Waals surface area contributed by atoms with E-state index < -0.39 is 45.4 Å². The summed E-state index contributed by atoms with van der Waals surface area (Å²) in [6.07, 6.45) is -5.00. The molecule has 0 saturated carbocycles. The van der Waals surface area contributed by atoms with Gasteiger partial charge >= 0.3 is 0 Å². The van der Waals surface area contributed by atoms with E-state index in [0.29, 0.717) is 0 Å². The minimum atomic E-state index is -2.77. The highest BCUT2D eigenvalue weighted by molar-refractivity contribution is 6.99. The van der Waals surface area contributed by atoms with Gasteiger partial charge in [-0.05, 0) is 15.4 Å². The molecule has 1 aliphatic heterocycles. The molecule has 0 unspecified atom stereocenters. The van der Waals surface area contributed by atoms with Crippen LogP contribution >= 0.6 is 0 Å². The van der Waals surface area contributed by atoms with Gasteiger partial charge in [-0.3, -0.25) is 0 Å².